The molecule has 0 aliphatic rings. The Balaban J connectivity index is 2.81. The van der Waals surface area contributed by atoms with Crippen LogP contribution in [-0.2, 0) is 0 Å². The molecule has 1 aromatic rings. The molecule has 0 aliphatic carbocycles. The standard InChI is InChI=1S/C10H13NO4/c1-15-9-6-7(2-3-8(9)13)10(14)11-4-5-12/h2-3,6,12-13H,4-5H2,1H3,(H,11,14). The third-order valence-electron chi connectivity index (χ3n) is 1.84. The number of hydrogen-bond donors (Lipinski definition) is 3. The van der Waals surface area contributed by atoms with E-state index in [1.807, 2.05) is 0 Å². The molecule has 0 bridgehead atoms. The van der Waals surface area contributed by atoms with Gasteiger partial charge in [0.1, 0.15) is 0 Å². The number of aliphatic hydroxyl groups is 1. The SMILES string of the molecule is COc1cc(C(=O)NCCO)ccc1O. The number of amides is 1. The van der Waals surface area contributed by atoms with Gasteiger partial charge < -0.3 is 20.3 Å². The number of carbonyl (C=O) groups excluding carboxylic acids is 1. The van der Waals surface area contributed by atoms with E-state index in [-0.39, 0.29) is 30.6 Å². The number of phenolic OH excluding ortho intramolecular Hbond substituents is 1. The molecule has 0 unspecified atom stereocenters. The summed E-state index contributed by atoms with van der Waals surface area (Å²) < 4.78 is 4.86. The number of rotatable bonds is 4. The maximum absolute atomic E-state index is 11.4. The van der Waals surface area contributed by atoms with Crippen molar-refractivity contribution in [3.63, 3.8) is 0 Å². The van der Waals surface area contributed by atoms with Crippen molar-refractivity contribution in [1.82, 2.24) is 5.32 Å². The minimum absolute atomic E-state index is 0.0174. The van der Waals surface area contributed by atoms with Crippen molar-refractivity contribution in [1.29, 1.82) is 0 Å². The first-order valence-electron chi connectivity index (χ1n) is 4.45. The summed E-state index contributed by atoms with van der Waals surface area (Å²) >= 11 is 0. The largest absolute Gasteiger partial charge is 0.504 e. The molecule has 0 saturated heterocycles. The van der Waals surface area contributed by atoms with Crippen LogP contribution < -0.4 is 10.1 Å². The van der Waals surface area contributed by atoms with Crippen LogP contribution in [0.4, 0.5) is 0 Å². The number of carbonyl (C=O) groups is 1. The van der Waals surface area contributed by atoms with Crippen LogP contribution in [0.2, 0.25) is 0 Å². The Morgan fingerprint density at radius 2 is 2.27 bits per heavy atom. The first kappa shape index (κ1) is 11.3. The molecule has 0 radical (unpaired) electrons. The molecule has 1 rings (SSSR count). The van der Waals surface area contributed by atoms with E-state index in [9.17, 15) is 9.90 Å². The summed E-state index contributed by atoms with van der Waals surface area (Å²) in [7, 11) is 1.41. The van der Waals surface area contributed by atoms with Crippen LogP contribution in [0, 0.1) is 0 Å². The van der Waals surface area contributed by atoms with Crippen LogP contribution in [0.25, 0.3) is 0 Å². The number of nitrogens with one attached hydrogen (secondary N) is 1. The van der Waals surface area contributed by atoms with E-state index >= 15 is 0 Å². The van der Waals surface area contributed by atoms with Crippen molar-refractivity contribution < 1.29 is 19.7 Å². The molecule has 5 nitrogen and oxygen atoms in total. The average Bonchev–Trinajstić information content (AvgIpc) is 2.26. The average molecular weight is 211 g/mol. The normalized spacial score (nSPS) is 9.73. The molecular weight excluding hydrogens is 198 g/mol. The van der Waals surface area contributed by atoms with Crippen molar-refractivity contribution >= 4 is 5.91 Å². The van der Waals surface area contributed by atoms with Crippen LogP contribution in [0.3, 0.4) is 0 Å². The highest BCUT2D eigenvalue weighted by Gasteiger charge is 2.08. The monoisotopic (exact) mass is 211 g/mol. The summed E-state index contributed by atoms with van der Waals surface area (Å²) in [6, 6.07) is 4.29. The highest BCUT2D eigenvalue weighted by Crippen LogP contribution is 2.25. The van der Waals surface area contributed by atoms with E-state index in [1.54, 1.807) is 0 Å². The third-order valence-corrected chi connectivity index (χ3v) is 1.84. The highest BCUT2D eigenvalue weighted by molar-refractivity contribution is 5.94. The Labute approximate surface area is 87.3 Å². The molecule has 5 heteroatoms. The third kappa shape index (κ3) is 2.85. The topological polar surface area (TPSA) is 78.8 Å². The number of benzene rings is 1. The Hall–Kier alpha value is -1.75. The minimum Gasteiger partial charge on any atom is -0.504 e. The Morgan fingerprint density at radius 1 is 1.53 bits per heavy atom. The zero-order chi connectivity index (χ0) is 11.3. The lowest BCUT2D eigenvalue weighted by Crippen LogP contribution is -2.26. The summed E-state index contributed by atoms with van der Waals surface area (Å²) in [6.07, 6.45) is 0. The fraction of sp³-hybridized carbons (Fsp3) is 0.300. The van der Waals surface area contributed by atoms with Gasteiger partial charge in [0.25, 0.3) is 5.91 Å². The lowest BCUT2D eigenvalue weighted by atomic mass is 10.2. The quantitative estimate of drug-likeness (QED) is 0.661. The first-order chi connectivity index (χ1) is 7.19. The molecule has 0 aromatic heterocycles. The Morgan fingerprint density at radius 3 is 2.87 bits per heavy atom. The van der Waals surface area contributed by atoms with Gasteiger partial charge in [-0.25, -0.2) is 0 Å². The number of phenols is 1. The molecule has 1 amide bonds. The van der Waals surface area contributed by atoms with E-state index in [0.29, 0.717) is 5.56 Å². The van der Waals surface area contributed by atoms with E-state index < -0.39 is 0 Å². The van der Waals surface area contributed by atoms with Gasteiger partial charge in [-0.3, -0.25) is 4.79 Å². The number of aromatic hydroxyl groups is 1. The number of hydrogen-bond acceptors (Lipinski definition) is 4. The van der Waals surface area contributed by atoms with Crippen molar-refractivity contribution in [2.75, 3.05) is 20.3 Å². The molecule has 0 saturated carbocycles. The highest BCUT2D eigenvalue weighted by atomic mass is 16.5. The van der Waals surface area contributed by atoms with Gasteiger partial charge in [-0.05, 0) is 18.2 Å². The summed E-state index contributed by atoms with van der Waals surface area (Å²) in [6.45, 7) is 0.0863. The van der Waals surface area contributed by atoms with Crippen LogP contribution >= 0.6 is 0 Å². The molecule has 0 aliphatic heterocycles. The second-order valence-electron chi connectivity index (χ2n) is 2.87. The van der Waals surface area contributed by atoms with Crippen LogP contribution in [-0.4, -0.2) is 36.4 Å². The molecule has 0 fully saturated rings. The molecule has 1 aromatic carbocycles. The molecular formula is C10H13NO4. The van der Waals surface area contributed by atoms with Crippen LogP contribution in [0.5, 0.6) is 11.5 Å². The van der Waals surface area contributed by atoms with Crippen molar-refractivity contribution in [3.8, 4) is 11.5 Å². The number of ether oxygens (including phenoxy) is 1. The lowest BCUT2D eigenvalue weighted by molar-refractivity contribution is 0.0944. The smallest absolute Gasteiger partial charge is 0.251 e. The predicted molar refractivity (Wildman–Crippen MR) is 54.1 cm³/mol. The van der Waals surface area contributed by atoms with Crippen molar-refractivity contribution in [3.05, 3.63) is 23.8 Å². The van der Waals surface area contributed by atoms with Crippen LogP contribution in [0.1, 0.15) is 10.4 Å². The van der Waals surface area contributed by atoms with E-state index in [2.05, 4.69) is 5.32 Å². The maximum atomic E-state index is 11.4. The van der Waals surface area contributed by atoms with Gasteiger partial charge in [-0.15, -0.1) is 0 Å². The summed E-state index contributed by atoms with van der Waals surface area (Å²) in [5, 5.41) is 20.3. The van der Waals surface area contributed by atoms with E-state index in [4.69, 9.17) is 9.84 Å². The maximum Gasteiger partial charge on any atom is 0.251 e. The summed E-state index contributed by atoms with van der Waals surface area (Å²) in [5.41, 5.74) is 0.373. The van der Waals surface area contributed by atoms with Gasteiger partial charge in [0, 0.05) is 12.1 Å². The summed E-state index contributed by atoms with van der Waals surface area (Å²) in [5.74, 6) is -0.0924. The zero-order valence-electron chi connectivity index (χ0n) is 8.36. The molecule has 82 valence electrons. The van der Waals surface area contributed by atoms with Gasteiger partial charge >= 0.3 is 0 Å². The molecule has 15 heavy (non-hydrogen) atoms. The minimum atomic E-state index is -0.317. The van der Waals surface area contributed by atoms with Crippen molar-refractivity contribution in [2.24, 2.45) is 0 Å². The second-order valence-corrected chi connectivity index (χ2v) is 2.87. The van der Waals surface area contributed by atoms with Gasteiger partial charge in [0.2, 0.25) is 0 Å². The van der Waals surface area contributed by atoms with Crippen molar-refractivity contribution in [2.45, 2.75) is 0 Å². The fourth-order valence-electron chi connectivity index (χ4n) is 1.09. The van der Waals surface area contributed by atoms with Gasteiger partial charge in [-0.1, -0.05) is 0 Å². The Bertz CT molecular complexity index is 351. The van der Waals surface area contributed by atoms with Gasteiger partial charge in [0.15, 0.2) is 11.5 Å². The molecule has 3 N–H and O–H groups in total. The molecule has 0 spiro atoms. The number of methoxy groups -OCH3 is 1. The predicted octanol–water partition coefficient (Wildman–Crippen LogP) is 0.123. The number of aliphatic hydroxyl groups excluding tert-OH is 1. The Kier molecular flexibility index (Phi) is 3.93. The summed E-state index contributed by atoms with van der Waals surface area (Å²) in [4.78, 5) is 11.4. The second kappa shape index (κ2) is 5.21. The zero-order valence-corrected chi connectivity index (χ0v) is 8.36. The van der Waals surface area contributed by atoms with E-state index in [0.717, 1.165) is 0 Å². The fourth-order valence-corrected chi connectivity index (χ4v) is 1.09. The van der Waals surface area contributed by atoms with Gasteiger partial charge in [-0.2, -0.15) is 0 Å². The molecule has 0 atom stereocenters. The van der Waals surface area contributed by atoms with Gasteiger partial charge in [0.05, 0.1) is 13.7 Å². The molecule has 0 heterocycles. The first-order valence-corrected chi connectivity index (χ1v) is 4.45. The lowest BCUT2D eigenvalue weighted by Gasteiger charge is -2.06. The van der Waals surface area contributed by atoms with E-state index in [1.165, 1.54) is 25.3 Å². The van der Waals surface area contributed by atoms with Crippen LogP contribution in [0.15, 0.2) is 18.2 Å².